The summed E-state index contributed by atoms with van der Waals surface area (Å²) in [4.78, 5) is 22.3. The number of nitrogens with one attached hydrogen (secondary N) is 1. The van der Waals surface area contributed by atoms with Crippen molar-refractivity contribution >= 4 is 17.7 Å². The van der Waals surface area contributed by atoms with Crippen LogP contribution >= 0.6 is 0 Å². The summed E-state index contributed by atoms with van der Waals surface area (Å²) in [6, 6.07) is 3.81. The van der Waals surface area contributed by atoms with Crippen molar-refractivity contribution in [1.82, 2.24) is 9.38 Å². The average Bonchev–Trinajstić information content (AvgIpc) is 3.37. The molecule has 27 heavy (non-hydrogen) atoms. The first-order valence-electron chi connectivity index (χ1n) is 9.71. The highest BCUT2D eigenvalue weighted by atomic mass is 16.5. The van der Waals surface area contributed by atoms with Crippen LogP contribution in [-0.2, 0) is 9.47 Å². The number of rotatable bonds is 6. The van der Waals surface area contributed by atoms with Crippen LogP contribution in [0.15, 0.2) is 28.1 Å². The molecule has 1 N–H and O–H groups in total. The van der Waals surface area contributed by atoms with Crippen molar-refractivity contribution in [3.63, 3.8) is 0 Å². The summed E-state index contributed by atoms with van der Waals surface area (Å²) >= 11 is 0. The highest BCUT2D eigenvalue weighted by Gasteiger charge is 2.18. The van der Waals surface area contributed by atoms with Crippen LogP contribution in [0, 0.1) is 6.92 Å². The van der Waals surface area contributed by atoms with Gasteiger partial charge in [0.15, 0.2) is 0 Å². The zero-order valence-electron chi connectivity index (χ0n) is 15.7. The van der Waals surface area contributed by atoms with Crippen LogP contribution in [0.4, 0.5) is 5.82 Å². The van der Waals surface area contributed by atoms with Gasteiger partial charge in [0, 0.05) is 32.2 Å². The maximum atomic E-state index is 13.1. The van der Waals surface area contributed by atoms with E-state index in [-0.39, 0.29) is 17.8 Å². The van der Waals surface area contributed by atoms with Crippen LogP contribution < -0.4 is 10.9 Å². The number of aliphatic imine (C=N–C) groups is 1. The molecule has 4 rings (SSSR count). The fraction of sp³-hybridized carbons (Fsp3) is 0.550. The van der Waals surface area contributed by atoms with Gasteiger partial charge in [0.25, 0.3) is 5.56 Å². The molecular formula is C20H26N4O3. The van der Waals surface area contributed by atoms with Crippen molar-refractivity contribution in [2.75, 3.05) is 31.6 Å². The minimum absolute atomic E-state index is 0.116. The topological polar surface area (TPSA) is 77.2 Å². The van der Waals surface area contributed by atoms with Gasteiger partial charge in [-0.2, -0.15) is 0 Å². The quantitative estimate of drug-likeness (QED) is 0.789. The van der Waals surface area contributed by atoms with Gasteiger partial charge in [0.1, 0.15) is 17.0 Å². The summed E-state index contributed by atoms with van der Waals surface area (Å²) in [6.45, 7) is 4.77. The first-order valence-corrected chi connectivity index (χ1v) is 9.71. The van der Waals surface area contributed by atoms with E-state index in [0.29, 0.717) is 30.1 Å². The minimum atomic E-state index is -0.116. The Hall–Kier alpha value is -2.25. The Morgan fingerprint density at radius 2 is 2.07 bits per heavy atom. The second-order valence-electron chi connectivity index (χ2n) is 7.21. The predicted octanol–water partition coefficient (Wildman–Crippen LogP) is 2.19. The summed E-state index contributed by atoms with van der Waals surface area (Å²) < 4.78 is 12.9. The lowest BCUT2D eigenvalue weighted by Crippen LogP contribution is -2.26. The van der Waals surface area contributed by atoms with Crippen LogP contribution in [0.3, 0.4) is 0 Å². The number of fused-ring (bicyclic) bond motifs is 1. The molecule has 0 saturated carbocycles. The molecule has 0 spiro atoms. The van der Waals surface area contributed by atoms with Gasteiger partial charge in [0.2, 0.25) is 0 Å². The van der Waals surface area contributed by atoms with Gasteiger partial charge in [-0.25, -0.2) is 4.98 Å². The number of pyridine rings is 1. The van der Waals surface area contributed by atoms with E-state index in [4.69, 9.17) is 14.5 Å². The predicted molar refractivity (Wildman–Crippen MR) is 105 cm³/mol. The Balaban J connectivity index is 1.64. The molecule has 2 aromatic heterocycles. The molecule has 2 atom stereocenters. The second kappa shape index (κ2) is 8.19. The van der Waals surface area contributed by atoms with E-state index in [9.17, 15) is 4.79 Å². The fourth-order valence-corrected chi connectivity index (χ4v) is 3.63. The van der Waals surface area contributed by atoms with Gasteiger partial charge >= 0.3 is 0 Å². The van der Waals surface area contributed by atoms with Crippen molar-refractivity contribution in [1.29, 1.82) is 0 Å². The Morgan fingerprint density at radius 3 is 2.81 bits per heavy atom. The van der Waals surface area contributed by atoms with Crippen LogP contribution in [0.2, 0.25) is 0 Å². The number of aryl methyl sites for hydroxylation is 1. The van der Waals surface area contributed by atoms with Gasteiger partial charge in [-0.05, 0) is 44.2 Å². The molecule has 0 aromatic carbocycles. The normalized spacial score (nSPS) is 22.9. The third-order valence-corrected chi connectivity index (χ3v) is 5.16. The SMILES string of the molecule is Cc1cccn2c(=O)c(C=NC[C@@H]3CCCO3)c(NC[C@@H]3CCCO3)nc12. The fourth-order valence-electron chi connectivity index (χ4n) is 3.63. The number of anilines is 1. The van der Waals surface area contributed by atoms with Gasteiger partial charge in [-0.15, -0.1) is 0 Å². The summed E-state index contributed by atoms with van der Waals surface area (Å²) in [5.41, 5.74) is 1.98. The Bertz CT molecular complexity index is 881. The van der Waals surface area contributed by atoms with E-state index in [0.717, 1.165) is 44.5 Å². The standard InChI is InChI=1S/C20H26N4O3/c1-14-5-2-8-24-19(14)23-18(22-12-16-7-4-10-27-16)17(20(24)25)13-21-11-15-6-3-9-26-15/h2,5,8,13,15-16,22H,3-4,6-7,9-12H2,1H3/t15-,16-/m0/s1. The smallest absolute Gasteiger partial charge is 0.268 e. The molecule has 7 heteroatoms. The van der Waals surface area contributed by atoms with E-state index >= 15 is 0 Å². The first kappa shape index (κ1) is 18.1. The van der Waals surface area contributed by atoms with Crippen LogP contribution in [0.1, 0.15) is 36.8 Å². The molecule has 0 amide bonds. The monoisotopic (exact) mass is 370 g/mol. The first-order chi connectivity index (χ1) is 13.2. The number of hydrogen-bond acceptors (Lipinski definition) is 6. The lowest BCUT2D eigenvalue weighted by molar-refractivity contribution is 0.118. The largest absolute Gasteiger partial charge is 0.376 e. The van der Waals surface area contributed by atoms with Crippen molar-refractivity contribution in [2.24, 2.45) is 4.99 Å². The van der Waals surface area contributed by atoms with Crippen molar-refractivity contribution in [3.8, 4) is 0 Å². The highest BCUT2D eigenvalue weighted by molar-refractivity contribution is 5.86. The van der Waals surface area contributed by atoms with E-state index in [1.807, 2.05) is 19.1 Å². The van der Waals surface area contributed by atoms with Crippen LogP contribution in [-0.4, -0.2) is 54.1 Å². The van der Waals surface area contributed by atoms with E-state index in [1.165, 1.54) is 0 Å². The molecular weight excluding hydrogens is 344 g/mol. The molecule has 2 fully saturated rings. The number of hydrogen-bond donors (Lipinski definition) is 1. The summed E-state index contributed by atoms with van der Waals surface area (Å²) in [5, 5.41) is 3.32. The molecule has 0 radical (unpaired) electrons. The van der Waals surface area contributed by atoms with Gasteiger partial charge in [0.05, 0.1) is 18.8 Å². The van der Waals surface area contributed by atoms with Crippen LogP contribution in [0.5, 0.6) is 0 Å². The lowest BCUT2D eigenvalue weighted by Gasteiger charge is -2.14. The average molecular weight is 370 g/mol. The molecule has 0 unspecified atom stereocenters. The Kier molecular flexibility index (Phi) is 5.50. The van der Waals surface area contributed by atoms with Gasteiger partial charge in [-0.3, -0.25) is 14.2 Å². The molecule has 2 aromatic rings. The lowest BCUT2D eigenvalue weighted by atomic mass is 10.2. The van der Waals surface area contributed by atoms with E-state index < -0.39 is 0 Å². The molecule has 4 heterocycles. The maximum absolute atomic E-state index is 13.1. The summed E-state index contributed by atoms with van der Waals surface area (Å²) in [7, 11) is 0. The van der Waals surface area contributed by atoms with Gasteiger partial charge < -0.3 is 14.8 Å². The van der Waals surface area contributed by atoms with Gasteiger partial charge in [-0.1, -0.05) is 6.07 Å². The zero-order valence-corrected chi connectivity index (χ0v) is 15.7. The van der Waals surface area contributed by atoms with Crippen LogP contribution in [0.25, 0.3) is 5.65 Å². The second-order valence-corrected chi connectivity index (χ2v) is 7.21. The highest BCUT2D eigenvalue weighted by Crippen LogP contribution is 2.16. The molecule has 7 nitrogen and oxygen atoms in total. The van der Waals surface area contributed by atoms with Crippen molar-refractivity contribution < 1.29 is 9.47 Å². The van der Waals surface area contributed by atoms with Crippen molar-refractivity contribution in [3.05, 3.63) is 39.8 Å². The number of aromatic nitrogens is 2. The summed E-state index contributed by atoms with van der Waals surface area (Å²) in [6.07, 6.45) is 7.92. The Labute approximate surface area is 158 Å². The third kappa shape index (κ3) is 4.04. The number of nitrogens with zero attached hydrogens (tertiary/aromatic N) is 3. The molecule has 2 aliphatic heterocycles. The summed E-state index contributed by atoms with van der Waals surface area (Å²) in [5.74, 6) is 0.570. The van der Waals surface area contributed by atoms with E-state index in [2.05, 4.69) is 10.3 Å². The minimum Gasteiger partial charge on any atom is -0.376 e. The van der Waals surface area contributed by atoms with E-state index in [1.54, 1.807) is 16.8 Å². The molecule has 0 aliphatic carbocycles. The Morgan fingerprint density at radius 1 is 1.30 bits per heavy atom. The molecule has 0 bridgehead atoms. The third-order valence-electron chi connectivity index (χ3n) is 5.16. The number of ether oxygens (including phenoxy) is 2. The molecule has 144 valence electrons. The maximum Gasteiger partial charge on any atom is 0.268 e. The van der Waals surface area contributed by atoms with Crippen molar-refractivity contribution in [2.45, 2.75) is 44.8 Å². The zero-order chi connectivity index (χ0) is 18.6. The molecule has 2 aliphatic rings. The molecule has 2 saturated heterocycles.